The van der Waals surface area contributed by atoms with Gasteiger partial charge in [0.05, 0.1) is 10.0 Å². The first-order chi connectivity index (χ1) is 9.49. The van der Waals surface area contributed by atoms with E-state index in [1.54, 1.807) is 6.07 Å². The van der Waals surface area contributed by atoms with E-state index in [1.165, 1.54) is 0 Å². The van der Waals surface area contributed by atoms with E-state index in [0.29, 0.717) is 10.0 Å². The fraction of sp³-hybridized carbons (Fsp3) is 0.250. The van der Waals surface area contributed by atoms with E-state index in [9.17, 15) is 0 Å². The fourth-order valence-electron chi connectivity index (χ4n) is 2.19. The summed E-state index contributed by atoms with van der Waals surface area (Å²) >= 11 is 18.3. The highest BCUT2D eigenvalue weighted by Crippen LogP contribution is 2.31. The Morgan fingerprint density at radius 1 is 0.900 bits per heavy atom. The molecule has 0 bridgehead atoms. The Hall–Kier alpha value is -0.730. The monoisotopic (exact) mass is 327 g/mol. The predicted molar refractivity (Wildman–Crippen MR) is 87.9 cm³/mol. The van der Waals surface area contributed by atoms with Crippen molar-refractivity contribution in [3.05, 3.63) is 68.7 Å². The van der Waals surface area contributed by atoms with Crippen LogP contribution in [-0.4, -0.2) is 0 Å². The summed E-state index contributed by atoms with van der Waals surface area (Å²) in [7, 11) is 0. The Morgan fingerprint density at radius 3 is 2.30 bits per heavy atom. The summed E-state index contributed by atoms with van der Waals surface area (Å²) in [6.45, 7) is 4.17. The zero-order valence-corrected chi connectivity index (χ0v) is 13.6. The van der Waals surface area contributed by atoms with Crippen LogP contribution in [0.4, 0.5) is 0 Å². The molecule has 0 aromatic heterocycles. The van der Waals surface area contributed by atoms with Crippen LogP contribution in [-0.2, 0) is 0 Å². The van der Waals surface area contributed by atoms with Crippen molar-refractivity contribution in [1.82, 2.24) is 5.32 Å². The third-order valence-electron chi connectivity index (χ3n) is 3.30. The van der Waals surface area contributed by atoms with Gasteiger partial charge in [0.1, 0.15) is 0 Å². The first kappa shape index (κ1) is 15.7. The lowest BCUT2D eigenvalue weighted by Crippen LogP contribution is -2.22. The van der Waals surface area contributed by atoms with Crippen molar-refractivity contribution in [2.45, 2.75) is 25.9 Å². The molecule has 2 rings (SSSR count). The molecule has 0 aliphatic rings. The van der Waals surface area contributed by atoms with Crippen LogP contribution in [0.1, 0.15) is 37.1 Å². The Morgan fingerprint density at radius 2 is 1.60 bits per heavy atom. The number of halogens is 3. The van der Waals surface area contributed by atoms with Gasteiger partial charge in [-0.05, 0) is 43.2 Å². The maximum absolute atomic E-state index is 6.25. The number of rotatable bonds is 4. The zero-order valence-electron chi connectivity index (χ0n) is 11.3. The molecule has 0 heterocycles. The van der Waals surface area contributed by atoms with E-state index in [4.69, 9.17) is 34.8 Å². The lowest BCUT2D eigenvalue weighted by atomic mass is 10.0. The van der Waals surface area contributed by atoms with E-state index in [0.717, 1.165) is 16.1 Å². The summed E-state index contributed by atoms with van der Waals surface area (Å²) in [5.41, 5.74) is 2.13. The van der Waals surface area contributed by atoms with Crippen LogP contribution in [0, 0.1) is 0 Å². The van der Waals surface area contributed by atoms with Gasteiger partial charge in [0.25, 0.3) is 0 Å². The molecule has 0 aliphatic carbocycles. The van der Waals surface area contributed by atoms with Crippen molar-refractivity contribution in [1.29, 1.82) is 0 Å². The van der Waals surface area contributed by atoms with Gasteiger partial charge in [-0.2, -0.15) is 0 Å². The number of nitrogens with one attached hydrogen (secondary N) is 1. The fourth-order valence-corrected chi connectivity index (χ4v) is 2.86. The lowest BCUT2D eigenvalue weighted by Gasteiger charge is -2.22. The van der Waals surface area contributed by atoms with Gasteiger partial charge in [-0.15, -0.1) is 0 Å². The highest BCUT2D eigenvalue weighted by molar-refractivity contribution is 6.42. The maximum atomic E-state index is 6.25. The second-order valence-corrected chi connectivity index (χ2v) is 6.03. The van der Waals surface area contributed by atoms with Crippen LogP contribution in [0.25, 0.3) is 0 Å². The molecule has 1 unspecified atom stereocenters. The summed E-state index contributed by atoms with van der Waals surface area (Å²) in [6, 6.07) is 13.8. The minimum atomic E-state index is 0.0928. The first-order valence-electron chi connectivity index (χ1n) is 6.44. The highest BCUT2D eigenvalue weighted by atomic mass is 35.5. The van der Waals surface area contributed by atoms with Crippen LogP contribution < -0.4 is 5.32 Å². The lowest BCUT2D eigenvalue weighted by molar-refractivity contribution is 0.495. The van der Waals surface area contributed by atoms with Gasteiger partial charge >= 0.3 is 0 Å². The van der Waals surface area contributed by atoms with E-state index in [-0.39, 0.29) is 12.1 Å². The maximum Gasteiger partial charge on any atom is 0.0639 e. The second-order valence-electron chi connectivity index (χ2n) is 4.81. The van der Waals surface area contributed by atoms with Gasteiger partial charge in [-0.3, -0.25) is 0 Å². The van der Waals surface area contributed by atoms with Crippen LogP contribution in [0.15, 0.2) is 42.5 Å². The third kappa shape index (κ3) is 3.67. The largest absolute Gasteiger partial charge is 0.304 e. The molecule has 0 radical (unpaired) electrons. The normalized spacial score (nSPS) is 14.1. The van der Waals surface area contributed by atoms with E-state index >= 15 is 0 Å². The quantitative estimate of drug-likeness (QED) is 0.719. The molecular weight excluding hydrogens is 313 g/mol. The van der Waals surface area contributed by atoms with E-state index < -0.39 is 0 Å². The van der Waals surface area contributed by atoms with Crippen molar-refractivity contribution in [3.8, 4) is 0 Å². The number of hydrogen-bond acceptors (Lipinski definition) is 1. The molecule has 4 heteroatoms. The van der Waals surface area contributed by atoms with Gasteiger partial charge in [-0.25, -0.2) is 0 Å². The van der Waals surface area contributed by atoms with Gasteiger partial charge in [0.2, 0.25) is 0 Å². The average molecular weight is 329 g/mol. The molecule has 0 spiro atoms. The Balaban J connectivity index is 2.15. The molecule has 2 aromatic rings. The zero-order chi connectivity index (χ0) is 14.7. The summed E-state index contributed by atoms with van der Waals surface area (Å²) in [5.74, 6) is 0. The summed E-state index contributed by atoms with van der Waals surface area (Å²) in [5, 5.41) is 5.43. The van der Waals surface area contributed by atoms with Crippen molar-refractivity contribution in [3.63, 3.8) is 0 Å². The Kier molecular flexibility index (Phi) is 5.34. The second kappa shape index (κ2) is 6.82. The molecular formula is C16H16Cl3N. The Labute approximate surface area is 134 Å². The molecule has 0 amide bonds. The van der Waals surface area contributed by atoms with Crippen molar-refractivity contribution in [2.24, 2.45) is 0 Å². The summed E-state index contributed by atoms with van der Waals surface area (Å²) in [6.07, 6.45) is 0. The molecule has 0 fully saturated rings. The van der Waals surface area contributed by atoms with Gasteiger partial charge in [0.15, 0.2) is 0 Å². The van der Waals surface area contributed by atoms with Crippen LogP contribution >= 0.6 is 34.8 Å². The smallest absolute Gasteiger partial charge is 0.0639 e. The highest BCUT2D eigenvalue weighted by Gasteiger charge is 2.15. The molecule has 2 atom stereocenters. The van der Waals surface area contributed by atoms with Crippen molar-refractivity contribution >= 4 is 34.8 Å². The van der Waals surface area contributed by atoms with E-state index in [2.05, 4.69) is 25.2 Å². The molecule has 0 saturated carbocycles. The van der Waals surface area contributed by atoms with Crippen LogP contribution in [0.5, 0.6) is 0 Å². The third-order valence-corrected chi connectivity index (χ3v) is 4.37. The van der Waals surface area contributed by atoms with Gasteiger partial charge in [0, 0.05) is 17.1 Å². The summed E-state index contributed by atoms with van der Waals surface area (Å²) < 4.78 is 0. The number of hydrogen-bond donors (Lipinski definition) is 1. The molecule has 0 aliphatic heterocycles. The average Bonchev–Trinajstić information content (AvgIpc) is 2.41. The Bertz CT molecular complexity index is 598. The molecule has 1 nitrogen and oxygen atoms in total. The first-order valence-corrected chi connectivity index (χ1v) is 7.58. The van der Waals surface area contributed by atoms with Crippen LogP contribution in [0.3, 0.4) is 0 Å². The summed E-state index contributed by atoms with van der Waals surface area (Å²) in [4.78, 5) is 0. The molecule has 0 saturated heterocycles. The van der Waals surface area contributed by atoms with Gasteiger partial charge < -0.3 is 5.32 Å². The molecule has 2 aromatic carbocycles. The molecule has 1 N–H and O–H groups in total. The van der Waals surface area contributed by atoms with Crippen molar-refractivity contribution in [2.75, 3.05) is 0 Å². The SMILES string of the molecule is CC(N[C@@H](C)c1cccc(Cl)c1)c1cccc(Cl)c1Cl. The minimum Gasteiger partial charge on any atom is -0.304 e. The van der Waals surface area contributed by atoms with E-state index in [1.807, 2.05) is 30.3 Å². The minimum absolute atomic E-state index is 0.0928. The molecule has 106 valence electrons. The van der Waals surface area contributed by atoms with Crippen molar-refractivity contribution < 1.29 is 0 Å². The number of benzene rings is 2. The topological polar surface area (TPSA) is 12.0 Å². The predicted octanol–water partition coefficient (Wildman–Crippen LogP) is 6.06. The van der Waals surface area contributed by atoms with Gasteiger partial charge in [-0.1, -0.05) is 59.1 Å². The van der Waals surface area contributed by atoms with Crippen LogP contribution in [0.2, 0.25) is 15.1 Å². The molecule has 20 heavy (non-hydrogen) atoms. The standard InChI is InChI=1S/C16H16Cl3N/c1-10(12-5-3-6-13(17)9-12)20-11(2)14-7-4-8-15(18)16(14)19/h3-11,20H,1-2H3/t10-,11?/m0/s1.